The molecule has 0 radical (unpaired) electrons. The summed E-state index contributed by atoms with van der Waals surface area (Å²) in [5, 5.41) is 3.30. The van der Waals surface area contributed by atoms with E-state index in [-0.39, 0.29) is 24.0 Å². The van der Waals surface area contributed by atoms with Crippen LogP contribution in [0, 0.1) is 0 Å². The van der Waals surface area contributed by atoms with E-state index >= 15 is 0 Å². The molecule has 1 saturated heterocycles. The van der Waals surface area contributed by atoms with Crippen molar-refractivity contribution >= 4 is 27.7 Å². The summed E-state index contributed by atoms with van der Waals surface area (Å²) in [5.41, 5.74) is 2.12. The van der Waals surface area contributed by atoms with Crippen LogP contribution in [0.25, 0.3) is 0 Å². The second-order valence-electron chi connectivity index (χ2n) is 7.56. The Morgan fingerprint density at radius 3 is 2.50 bits per heavy atom. The fourth-order valence-electron chi connectivity index (χ4n) is 3.63. The average Bonchev–Trinajstić information content (AvgIpc) is 3.31. The number of hydrogen-bond donors (Lipinski definition) is 1. The van der Waals surface area contributed by atoms with Crippen LogP contribution in [0.3, 0.4) is 0 Å². The van der Waals surface area contributed by atoms with Crippen molar-refractivity contribution in [2.75, 3.05) is 26.2 Å². The molecule has 0 aliphatic carbocycles. The van der Waals surface area contributed by atoms with Gasteiger partial charge in [0.2, 0.25) is 10.0 Å². The summed E-state index contributed by atoms with van der Waals surface area (Å²) in [5.74, 6) is 0. The Bertz CT molecular complexity index is 1180. The van der Waals surface area contributed by atoms with E-state index in [0.29, 0.717) is 31.2 Å². The SMILES string of the molecule is O=C(NCc1cccc(Cn2ccnc2)c1)N1CCN(S(=O)(=O)c2cccc(Cl)c2)CC1. The number of aromatic nitrogens is 2. The average molecular weight is 474 g/mol. The maximum atomic E-state index is 12.8. The van der Waals surface area contributed by atoms with Crippen LogP contribution in [-0.2, 0) is 23.1 Å². The van der Waals surface area contributed by atoms with Crippen LogP contribution in [0.15, 0.2) is 72.1 Å². The van der Waals surface area contributed by atoms with Gasteiger partial charge in [-0.15, -0.1) is 0 Å². The summed E-state index contributed by atoms with van der Waals surface area (Å²) in [7, 11) is -3.63. The summed E-state index contributed by atoms with van der Waals surface area (Å²) < 4.78 is 29.0. The predicted octanol–water partition coefficient (Wildman–Crippen LogP) is 2.80. The third-order valence-electron chi connectivity index (χ3n) is 5.32. The Labute approximate surface area is 192 Å². The highest BCUT2D eigenvalue weighted by Gasteiger charge is 2.30. The predicted molar refractivity (Wildman–Crippen MR) is 122 cm³/mol. The van der Waals surface area contributed by atoms with E-state index in [2.05, 4.69) is 16.4 Å². The number of piperazine rings is 1. The topological polar surface area (TPSA) is 87.5 Å². The highest BCUT2D eigenvalue weighted by molar-refractivity contribution is 7.89. The van der Waals surface area contributed by atoms with Crippen molar-refractivity contribution in [1.29, 1.82) is 0 Å². The number of amides is 2. The maximum Gasteiger partial charge on any atom is 0.317 e. The molecular weight excluding hydrogens is 450 g/mol. The van der Waals surface area contributed by atoms with Gasteiger partial charge in [-0.3, -0.25) is 0 Å². The molecular formula is C22H24ClN5O3S. The van der Waals surface area contributed by atoms with Crippen molar-refractivity contribution < 1.29 is 13.2 Å². The van der Waals surface area contributed by atoms with E-state index in [1.165, 1.54) is 16.4 Å². The van der Waals surface area contributed by atoms with Crippen molar-refractivity contribution in [3.63, 3.8) is 0 Å². The van der Waals surface area contributed by atoms with Gasteiger partial charge >= 0.3 is 6.03 Å². The summed E-state index contributed by atoms with van der Waals surface area (Å²) in [6.45, 7) is 2.24. The molecule has 0 bridgehead atoms. The monoisotopic (exact) mass is 473 g/mol. The van der Waals surface area contributed by atoms with Crippen LogP contribution < -0.4 is 5.32 Å². The number of carbonyl (C=O) groups excluding carboxylic acids is 1. The lowest BCUT2D eigenvalue weighted by atomic mass is 10.1. The molecule has 3 aromatic rings. The lowest BCUT2D eigenvalue weighted by molar-refractivity contribution is 0.172. The largest absolute Gasteiger partial charge is 0.334 e. The molecule has 2 amide bonds. The first-order chi connectivity index (χ1) is 15.4. The van der Waals surface area contributed by atoms with Crippen LogP contribution >= 0.6 is 11.6 Å². The molecule has 0 spiro atoms. The van der Waals surface area contributed by atoms with Gasteiger partial charge in [0.1, 0.15) is 0 Å². The molecule has 2 aromatic carbocycles. The van der Waals surface area contributed by atoms with E-state index in [1.54, 1.807) is 29.6 Å². The van der Waals surface area contributed by atoms with Crippen LogP contribution in [0.4, 0.5) is 4.79 Å². The van der Waals surface area contributed by atoms with Crippen LogP contribution in [0.5, 0.6) is 0 Å². The zero-order chi connectivity index (χ0) is 22.6. The van der Waals surface area contributed by atoms with E-state index in [9.17, 15) is 13.2 Å². The minimum Gasteiger partial charge on any atom is -0.334 e. The first kappa shape index (κ1) is 22.3. The zero-order valence-electron chi connectivity index (χ0n) is 17.4. The molecule has 1 aliphatic heterocycles. The lowest BCUT2D eigenvalue weighted by Crippen LogP contribution is -2.52. The number of nitrogens with one attached hydrogen (secondary N) is 1. The van der Waals surface area contributed by atoms with E-state index in [4.69, 9.17) is 11.6 Å². The molecule has 2 heterocycles. The van der Waals surface area contributed by atoms with Gasteiger partial charge in [0.05, 0.1) is 11.2 Å². The molecule has 1 N–H and O–H groups in total. The smallest absolute Gasteiger partial charge is 0.317 e. The quantitative estimate of drug-likeness (QED) is 0.596. The minimum atomic E-state index is -3.63. The Morgan fingerprint density at radius 2 is 1.78 bits per heavy atom. The number of urea groups is 1. The van der Waals surface area contributed by atoms with Gasteiger partial charge < -0.3 is 14.8 Å². The van der Waals surface area contributed by atoms with Crippen LogP contribution in [-0.4, -0.2) is 59.4 Å². The number of halogens is 1. The molecule has 0 saturated carbocycles. The van der Waals surface area contributed by atoms with E-state index in [0.717, 1.165) is 11.1 Å². The number of hydrogen-bond acceptors (Lipinski definition) is 4. The minimum absolute atomic E-state index is 0.165. The molecule has 0 atom stereocenters. The molecule has 32 heavy (non-hydrogen) atoms. The summed E-state index contributed by atoms with van der Waals surface area (Å²) in [6, 6.07) is 14.0. The third kappa shape index (κ3) is 5.29. The molecule has 1 aromatic heterocycles. The van der Waals surface area contributed by atoms with E-state index in [1.807, 2.05) is 29.0 Å². The van der Waals surface area contributed by atoms with Gasteiger partial charge in [-0.05, 0) is 29.3 Å². The van der Waals surface area contributed by atoms with Gasteiger partial charge in [-0.1, -0.05) is 41.9 Å². The number of benzene rings is 2. The zero-order valence-corrected chi connectivity index (χ0v) is 19.0. The number of carbonyl (C=O) groups is 1. The van der Waals surface area contributed by atoms with Crippen molar-refractivity contribution in [3.8, 4) is 0 Å². The molecule has 10 heteroatoms. The van der Waals surface area contributed by atoms with Gasteiger partial charge in [0.25, 0.3) is 0 Å². The Kier molecular flexibility index (Phi) is 6.78. The van der Waals surface area contributed by atoms with Crippen molar-refractivity contribution in [2.24, 2.45) is 0 Å². The highest BCUT2D eigenvalue weighted by atomic mass is 35.5. The van der Waals surface area contributed by atoms with Crippen LogP contribution in [0.1, 0.15) is 11.1 Å². The van der Waals surface area contributed by atoms with Crippen LogP contribution in [0.2, 0.25) is 5.02 Å². The summed E-state index contributed by atoms with van der Waals surface area (Å²) in [6.07, 6.45) is 5.41. The second-order valence-corrected chi connectivity index (χ2v) is 9.94. The number of rotatable bonds is 6. The van der Waals surface area contributed by atoms with Gasteiger partial charge in [0.15, 0.2) is 0 Å². The molecule has 4 rings (SSSR count). The number of nitrogens with zero attached hydrogens (tertiary/aromatic N) is 4. The molecule has 1 aliphatic rings. The number of sulfonamides is 1. The van der Waals surface area contributed by atoms with Crippen molar-refractivity contribution in [1.82, 2.24) is 24.1 Å². The molecule has 8 nitrogen and oxygen atoms in total. The standard InChI is InChI=1S/C22H24ClN5O3S/c23-20-5-2-6-21(14-20)32(30,31)28-11-9-27(10-12-28)22(29)25-15-18-3-1-4-19(13-18)16-26-8-7-24-17-26/h1-8,13-14,17H,9-12,15-16H2,(H,25,29). The first-order valence-corrected chi connectivity index (χ1v) is 12.1. The fraction of sp³-hybridized carbons (Fsp3) is 0.273. The highest BCUT2D eigenvalue weighted by Crippen LogP contribution is 2.21. The molecule has 1 fully saturated rings. The second kappa shape index (κ2) is 9.72. The number of imidazole rings is 1. The van der Waals surface area contributed by atoms with Gasteiger partial charge in [0, 0.05) is 56.7 Å². The summed E-state index contributed by atoms with van der Waals surface area (Å²) in [4.78, 5) is 18.5. The Hall–Kier alpha value is -2.88. The van der Waals surface area contributed by atoms with Crippen molar-refractivity contribution in [2.45, 2.75) is 18.0 Å². The van der Waals surface area contributed by atoms with Crippen molar-refractivity contribution in [3.05, 3.63) is 83.4 Å². The third-order valence-corrected chi connectivity index (χ3v) is 7.45. The molecule has 0 unspecified atom stereocenters. The maximum absolute atomic E-state index is 12.8. The van der Waals surface area contributed by atoms with Gasteiger partial charge in [-0.2, -0.15) is 4.31 Å². The van der Waals surface area contributed by atoms with Gasteiger partial charge in [-0.25, -0.2) is 18.2 Å². The van der Waals surface area contributed by atoms with E-state index < -0.39 is 10.0 Å². The molecule has 168 valence electrons. The lowest BCUT2D eigenvalue weighted by Gasteiger charge is -2.34. The normalized spacial score (nSPS) is 15.0. The summed E-state index contributed by atoms with van der Waals surface area (Å²) >= 11 is 5.94. The first-order valence-electron chi connectivity index (χ1n) is 10.2. The fourth-order valence-corrected chi connectivity index (χ4v) is 5.35. The Balaban J connectivity index is 1.29. The Morgan fingerprint density at radius 1 is 1.03 bits per heavy atom.